The van der Waals surface area contributed by atoms with Crippen molar-refractivity contribution in [2.75, 3.05) is 13.7 Å². The van der Waals surface area contributed by atoms with Crippen LogP contribution >= 0.6 is 0 Å². The minimum absolute atomic E-state index is 0.0709. The molecule has 3 nitrogen and oxygen atoms in total. The number of methoxy groups -OCH3 is 1. The van der Waals surface area contributed by atoms with Gasteiger partial charge in [-0.1, -0.05) is 82.6 Å². The number of nitrogens with zero attached hydrogens (tertiary/aromatic N) is 1. The van der Waals surface area contributed by atoms with Crippen LogP contribution in [-0.2, 0) is 10.2 Å². The van der Waals surface area contributed by atoms with Gasteiger partial charge in [0.15, 0.2) is 0 Å². The lowest BCUT2D eigenvalue weighted by molar-refractivity contribution is -0.0896. The summed E-state index contributed by atoms with van der Waals surface area (Å²) in [6, 6.07) is 21.9. The molecule has 4 atom stereocenters. The second-order valence-electron chi connectivity index (χ2n) is 10.1. The number of rotatable bonds is 9. The van der Waals surface area contributed by atoms with Gasteiger partial charge in [-0.2, -0.15) is 0 Å². The standard InChI is InChI=1S/C31H39NO2/c1-6-25-19-28(30(33)20-34-5)31(25,7-2)27-14-9-8-13-26(27)29-18-24(15-16-32-29)23-12-10-11-22(17-23)21(3)4/h8-18,21,25,28,30,33H,6-7,19-20H2,1-5H3. The monoisotopic (exact) mass is 457 g/mol. The summed E-state index contributed by atoms with van der Waals surface area (Å²) < 4.78 is 5.35. The summed E-state index contributed by atoms with van der Waals surface area (Å²) in [5.41, 5.74) is 7.17. The highest BCUT2D eigenvalue weighted by atomic mass is 16.5. The van der Waals surface area contributed by atoms with Gasteiger partial charge >= 0.3 is 0 Å². The first-order chi connectivity index (χ1) is 16.5. The van der Waals surface area contributed by atoms with Gasteiger partial charge in [0.2, 0.25) is 0 Å². The van der Waals surface area contributed by atoms with Crippen molar-refractivity contribution >= 4 is 0 Å². The van der Waals surface area contributed by atoms with Gasteiger partial charge in [0.1, 0.15) is 0 Å². The molecule has 2 aromatic carbocycles. The lowest BCUT2D eigenvalue weighted by Gasteiger charge is -2.58. The molecule has 0 saturated heterocycles. The Morgan fingerprint density at radius 1 is 1.03 bits per heavy atom. The number of hydrogen-bond donors (Lipinski definition) is 1. The van der Waals surface area contributed by atoms with E-state index in [1.807, 2.05) is 6.20 Å². The van der Waals surface area contributed by atoms with Gasteiger partial charge in [0.25, 0.3) is 0 Å². The largest absolute Gasteiger partial charge is 0.390 e. The van der Waals surface area contributed by atoms with Gasteiger partial charge in [-0.3, -0.25) is 4.98 Å². The fourth-order valence-corrected chi connectivity index (χ4v) is 6.30. The maximum atomic E-state index is 11.0. The number of hydrogen-bond acceptors (Lipinski definition) is 3. The molecule has 0 radical (unpaired) electrons. The molecule has 0 bridgehead atoms. The van der Waals surface area contributed by atoms with E-state index in [0.717, 1.165) is 25.0 Å². The van der Waals surface area contributed by atoms with Gasteiger partial charge in [0, 0.05) is 24.3 Å². The summed E-state index contributed by atoms with van der Waals surface area (Å²) in [5.74, 6) is 1.22. The summed E-state index contributed by atoms with van der Waals surface area (Å²) in [5, 5.41) is 11.0. The zero-order chi connectivity index (χ0) is 24.3. The summed E-state index contributed by atoms with van der Waals surface area (Å²) >= 11 is 0. The Balaban J connectivity index is 1.80. The van der Waals surface area contributed by atoms with E-state index in [-0.39, 0.29) is 11.3 Å². The van der Waals surface area contributed by atoms with Crippen LogP contribution < -0.4 is 0 Å². The number of benzene rings is 2. The van der Waals surface area contributed by atoms with Crippen molar-refractivity contribution in [1.29, 1.82) is 0 Å². The fourth-order valence-electron chi connectivity index (χ4n) is 6.30. The maximum Gasteiger partial charge on any atom is 0.0810 e. The molecule has 1 saturated carbocycles. The van der Waals surface area contributed by atoms with E-state index in [4.69, 9.17) is 9.72 Å². The normalized spacial score (nSPS) is 23.0. The molecule has 4 rings (SSSR count). The van der Waals surface area contributed by atoms with E-state index >= 15 is 0 Å². The van der Waals surface area contributed by atoms with Crippen LogP contribution in [-0.4, -0.2) is 29.9 Å². The van der Waals surface area contributed by atoms with Crippen LogP contribution in [0.3, 0.4) is 0 Å². The van der Waals surface area contributed by atoms with Gasteiger partial charge in [-0.15, -0.1) is 0 Å². The highest BCUT2D eigenvalue weighted by Gasteiger charge is 2.56. The molecule has 1 heterocycles. The number of aromatic nitrogens is 1. The van der Waals surface area contributed by atoms with Gasteiger partial charge in [-0.25, -0.2) is 0 Å². The molecule has 1 aliphatic carbocycles. The lowest BCUT2D eigenvalue weighted by atomic mass is 9.46. The highest BCUT2D eigenvalue weighted by Crippen LogP contribution is 2.59. The Morgan fingerprint density at radius 2 is 1.79 bits per heavy atom. The van der Waals surface area contributed by atoms with Crippen molar-refractivity contribution in [1.82, 2.24) is 4.98 Å². The second-order valence-corrected chi connectivity index (χ2v) is 10.1. The third-order valence-electron chi connectivity index (χ3n) is 8.16. The quantitative estimate of drug-likeness (QED) is 0.368. The number of aliphatic hydroxyl groups is 1. The molecule has 3 aromatic rings. The zero-order valence-electron chi connectivity index (χ0n) is 21.3. The predicted octanol–water partition coefficient (Wildman–Crippen LogP) is 7.24. The van der Waals surface area contributed by atoms with Crippen LogP contribution in [0, 0.1) is 11.8 Å². The van der Waals surface area contributed by atoms with Gasteiger partial charge in [0.05, 0.1) is 18.4 Å². The predicted molar refractivity (Wildman–Crippen MR) is 141 cm³/mol. The van der Waals surface area contributed by atoms with E-state index in [2.05, 4.69) is 88.4 Å². The van der Waals surface area contributed by atoms with Crippen LogP contribution in [0.4, 0.5) is 0 Å². The highest BCUT2D eigenvalue weighted by molar-refractivity contribution is 5.73. The average Bonchev–Trinajstić information content (AvgIpc) is 2.85. The van der Waals surface area contributed by atoms with Crippen molar-refractivity contribution in [3.63, 3.8) is 0 Å². The molecular weight excluding hydrogens is 418 g/mol. The van der Waals surface area contributed by atoms with Crippen LogP contribution in [0.15, 0.2) is 66.9 Å². The van der Waals surface area contributed by atoms with E-state index in [0.29, 0.717) is 18.4 Å². The molecule has 0 aliphatic heterocycles. The molecule has 34 heavy (non-hydrogen) atoms. The Hall–Kier alpha value is -2.49. The molecular formula is C31H39NO2. The molecule has 180 valence electrons. The summed E-state index contributed by atoms with van der Waals surface area (Å²) in [6.45, 7) is 9.39. The molecule has 1 fully saturated rings. The number of pyridine rings is 1. The van der Waals surface area contributed by atoms with Crippen LogP contribution in [0.25, 0.3) is 22.4 Å². The van der Waals surface area contributed by atoms with Crippen molar-refractivity contribution in [3.8, 4) is 22.4 Å². The van der Waals surface area contributed by atoms with E-state index < -0.39 is 6.10 Å². The number of ether oxygens (including phenoxy) is 1. The summed E-state index contributed by atoms with van der Waals surface area (Å²) in [4.78, 5) is 4.83. The van der Waals surface area contributed by atoms with E-state index in [1.165, 1.54) is 27.8 Å². The van der Waals surface area contributed by atoms with Crippen LogP contribution in [0.1, 0.15) is 64.0 Å². The zero-order valence-corrected chi connectivity index (χ0v) is 21.3. The van der Waals surface area contributed by atoms with Gasteiger partial charge < -0.3 is 9.84 Å². The molecule has 0 amide bonds. The Labute approximate surface area is 205 Å². The third-order valence-corrected chi connectivity index (χ3v) is 8.16. The van der Waals surface area contributed by atoms with Crippen molar-refractivity contribution in [2.24, 2.45) is 11.8 Å². The average molecular weight is 458 g/mol. The van der Waals surface area contributed by atoms with Crippen LogP contribution in [0.5, 0.6) is 0 Å². The minimum Gasteiger partial charge on any atom is -0.390 e. The molecule has 3 heteroatoms. The van der Waals surface area contributed by atoms with E-state index in [1.54, 1.807) is 7.11 Å². The summed E-state index contributed by atoms with van der Waals surface area (Å²) in [6.07, 6.45) is 4.60. The maximum absolute atomic E-state index is 11.0. The smallest absolute Gasteiger partial charge is 0.0810 e. The number of aliphatic hydroxyl groups excluding tert-OH is 1. The lowest BCUT2D eigenvalue weighted by Crippen LogP contribution is -2.57. The minimum atomic E-state index is -0.459. The van der Waals surface area contributed by atoms with Crippen molar-refractivity contribution in [2.45, 2.75) is 64.4 Å². The molecule has 1 aliphatic rings. The summed E-state index contributed by atoms with van der Waals surface area (Å²) in [7, 11) is 1.67. The molecule has 1 N–H and O–H groups in total. The molecule has 1 aromatic heterocycles. The SMILES string of the molecule is CCC1CC(C(O)COC)C1(CC)c1ccccc1-c1cc(-c2cccc(C(C)C)c2)ccn1. The van der Waals surface area contributed by atoms with Gasteiger partial charge in [-0.05, 0) is 65.0 Å². The first-order valence-electron chi connectivity index (χ1n) is 12.8. The van der Waals surface area contributed by atoms with Crippen LogP contribution in [0.2, 0.25) is 0 Å². The topological polar surface area (TPSA) is 42.4 Å². The molecule has 0 spiro atoms. The Morgan fingerprint density at radius 3 is 2.50 bits per heavy atom. The van der Waals surface area contributed by atoms with E-state index in [9.17, 15) is 5.11 Å². The fraction of sp³-hybridized carbons (Fsp3) is 0.452. The van der Waals surface area contributed by atoms with Crippen molar-refractivity contribution in [3.05, 3.63) is 78.0 Å². The third kappa shape index (κ3) is 4.32. The van der Waals surface area contributed by atoms with Crippen molar-refractivity contribution < 1.29 is 9.84 Å². The molecule has 4 unspecified atom stereocenters. The first-order valence-corrected chi connectivity index (χ1v) is 12.8. The Kier molecular flexibility index (Phi) is 7.54. The Bertz CT molecular complexity index is 1110. The first kappa shape index (κ1) is 24.6. The second kappa shape index (κ2) is 10.4.